The van der Waals surface area contributed by atoms with E-state index in [1.54, 1.807) is 29.7 Å². The Labute approximate surface area is 162 Å². The molecule has 0 saturated heterocycles. The molecule has 28 heavy (non-hydrogen) atoms. The highest BCUT2D eigenvalue weighted by molar-refractivity contribution is 7.99. The van der Waals surface area contributed by atoms with Gasteiger partial charge in [-0.1, -0.05) is 23.9 Å². The molecule has 2 aromatic carbocycles. The van der Waals surface area contributed by atoms with E-state index in [4.69, 9.17) is 0 Å². The SMILES string of the molecule is Cc1nnc(S[C@H](C[N+](=O)[O-])c2cccc([N+](=O)[O-])c2)n1-c1ccc(F)cc1. The summed E-state index contributed by atoms with van der Waals surface area (Å²) < 4.78 is 14.9. The van der Waals surface area contributed by atoms with Crippen LogP contribution in [0.3, 0.4) is 0 Å². The van der Waals surface area contributed by atoms with E-state index >= 15 is 0 Å². The van der Waals surface area contributed by atoms with Gasteiger partial charge >= 0.3 is 0 Å². The molecule has 1 atom stereocenters. The van der Waals surface area contributed by atoms with Gasteiger partial charge in [0.05, 0.1) is 4.92 Å². The molecule has 144 valence electrons. The molecule has 0 unspecified atom stereocenters. The van der Waals surface area contributed by atoms with Crippen molar-refractivity contribution in [2.75, 3.05) is 6.54 Å². The number of non-ortho nitro benzene ring substituents is 1. The van der Waals surface area contributed by atoms with Crippen LogP contribution in [-0.4, -0.2) is 31.2 Å². The van der Waals surface area contributed by atoms with Gasteiger partial charge in [0, 0.05) is 22.7 Å². The average molecular weight is 403 g/mol. The minimum atomic E-state index is -0.724. The lowest BCUT2D eigenvalue weighted by Gasteiger charge is -2.14. The molecule has 0 amide bonds. The molecular weight excluding hydrogens is 389 g/mol. The largest absolute Gasteiger partial charge is 0.274 e. The van der Waals surface area contributed by atoms with Crippen molar-refractivity contribution in [2.45, 2.75) is 17.3 Å². The fraction of sp³-hybridized carbons (Fsp3) is 0.176. The first kappa shape index (κ1) is 19.4. The molecule has 3 rings (SSSR count). The summed E-state index contributed by atoms with van der Waals surface area (Å²) >= 11 is 1.07. The molecule has 1 heterocycles. The van der Waals surface area contributed by atoms with Gasteiger partial charge in [0.15, 0.2) is 5.16 Å². The van der Waals surface area contributed by atoms with E-state index in [-0.39, 0.29) is 5.69 Å². The van der Waals surface area contributed by atoms with Crippen molar-refractivity contribution in [3.05, 3.63) is 86.0 Å². The summed E-state index contributed by atoms with van der Waals surface area (Å²) in [6.45, 7) is 1.25. The van der Waals surface area contributed by atoms with Crippen LogP contribution in [0, 0.1) is 33.0 Å². The Morgan fingerprint density at radius 1 is 1.14 bits per heavy atom. The zero-order chi connectivity index (χ0) is 20.3. The standard InChI is InChI=1S/C17H14FN5O4S/c1-11-19-20-17(22(11)14-7-5-13(18)6-8-14)28-16(10-21(24)25)12-3-2-4-15(9-12)23(26)27/h2-9,16H,10H2,1H3/t16-/m1/s1. The Bertz CT molecular complexity index is 1020. The third kappa shape index (κ3) is 4.31. The van der Waals surface area contributed by atoms with Crippen molar-refractivity contribution in [1.82, 2.24) is 14.8 Å². The maximum Gasteiger partial charge on any atom is 0.269 e. The number of nitro benzene ring substituents is 1. The van der Waals surface area contributed by atoms with Crippen LogP contribution < -0.4 is 0 Å². The molecule has 0 aliphatic heterocycles. The molecular formula is C17H14FN5O4S. The van der Waals surface area contributed by atoms with Crippen molar-refractivity contribution in [1.29, 1.82) is 0 Å². The predicted octanol–water partition coefficient (Wildman–Crippen LogP) is 3.73. The maximum atomic E-state index is 13.2. The van der Waals surface area contributed by atoms with Crippen LogP contribution in [0.1, 0.15) is 16.6 Å². The molecule has 0 N–H and O–H groups in total. The van der Waals surface area contributed by atoms with Gasteiger partial charge in [-0.3, -0.25) is 24.8 Å². The first-order valence-electron chi connectivity index (χ1n) is 8.06. The van der Waals surface area contributed by atoms with Crippen LogP contribution in [0.25, 0.3) is 5.69 Å². The van der Waals surface area contributed by atoms with E-state index in [9.17, 15) is 24.6 Å². The van der Waals surface area contributed by atoms with Crippen LogP contribution in [0.15, 0.2) is 53.7 Å². The molecule has 0 fully saturated rings. The summed E-state index contributed by atoms with van der Waals surface area (Å²) in [5, 5.41) is 29.9. The number of halogens is 1. The lowest BCUT2D eigenvalue weighted by molar-refractivity contribution is -0.479. The Hall–Kier alpha value is -3.34. The second-order valence-corrected chi connectivity index (χ2v) is 6.99. The lowest BCUT2D eigenvalue weighted by Crippen LogP contribution is -2.11. The number of rotatable bonds is 7. The minimum Gasteiger partial charge on any atom is -0.274 e. The number of aryl methyl sites for hydroxylation is 1. The number of hydrogen-bond donors (Lipinski definition) is 0. The normalized spacial score (nSPS) is 11.9. The number of benzene rings is 2. The van der Waals surface area contributed by atoms with E-state index in [0.29, 0.717) is 22.2 Å². The highest BCUT2D eigenvalue weighted by atomic mass is 32.2. The van der Waals surface area contributed by atoms with Crippen molar-refractivity contribution in [3.8, 4) is 5.69 Å². The highest BCUT2D eigenvalue weighted by Crippen LogP contribution is 2.37. The number of nitrogens with zero attached hydrogens (tertiary/aromatic N) is 5. The number of aromatic nitrogens is 3. The topological polar surface area (TPSA) is 117 Å². The molecule has 1 aromatic heterocycles. The summed E-state index contributed by atoms with van der Waals surface area (Å²) in [6, 6.07) is 11.4. The summed E-state index contributed by atoms with van der Waals surface area (Å²) in [7, 11) is 0. The molecule has 0 radical (unpaired) electrons. The fourth-order valence-corrected chi connectivity index (χ4v) is 3.78. The average Bonchev–Trinajstić information content (AvgIpc) is 3.02. The number of hydrogen-bond acceptors (Lipinski definition) is 7. The Morgan fingerprint density at radius 2 is 1.86 bits per heavy atom. The second-order valence-electron chi connectivity index (χ2n) is 5.82. The summed E-state index contributed by atoms with van der Waals surface area (Å²) in [6.07, 6.45) is 0. The Balaban J connectivity index is 1.99. The lowest BCUT2D eigenvalue weighted by atomic mass is 10.1. The van der Waals surface area contributed by atoms with Gasteiger partial charge in [-0.25, -0.2) is 4.39 Å². The van der Waals surface area contributed by atoms with Gasteiger partial charge in [0.25, 0.3) is 5.69 Å². The second kappa shape index (κ2) is 8.13. The third-order valence-corrected chi connectivity index (χ3v) is 5.08. The van der Waals surface area contributed by atoms with Gasteiger partial charge in [0.1, 0.15) is 16.9 Å². The van der Waals surface area contributed by atoms with Gasteiger partial charge in [-0.15, -0.1) is 10.2 Å². The van der Waals surface area contributed by atoms with Crippen molar-refractivity contribution in [2.24, 2.45) is 0 Å². The monoisotopic (exact) mass is 403 g/mol. The fourth-order valence-electron chi connectivity index (χ4n) is 2.62. The van der Waals surface area contributed by atoms with Crippen molar-refractivity contribution in [3.63, 3.8) is 0 Å². The molecule has 0 bridgehead atoms. The van der Waals surface area contributed by atoms with E-state index in [1.165, 1.54) is 30.3 Å². The van der Waals surface area contributed by atoms with E-state index in [0.717, 1.165) is 11.8 Å². The van der Waals surface area contributed by atoms with Crippen LogP contribution in [0.2, 0.25) is 0 Å². The van der Waals surface area contributed by atoms with Crippen LogP contribution in [0.5, 0.6) is 0 Å². The Morgan fingerprint density at radius 3 is 2.50 bits per heavy atom. The highest BCUT2D eigenvalue weighted by Gasteiger charge is 2.25. The van der Waals surface area contributed by atoms with Crippen LogP contribution in [0.4, 0.5) is 10.1 Å². The molecule has 0 spiro atoms. The smallest absolute Gasteiger partial charge is 0.269 e. The zero-order valence-corrected chi connectivity index (χ0v) is 15.4. The summed E-state index contributed by atoms with van der Waals surface area (Å²) in [4.78, 5) is 21.2. The molecule has 11 heteroatoms. The van der Waals surface area contributed by atoms with Crippen molar-refractivity contribution >= 4 is 17.4 Å². The molecule has 0 aliphatic carbocycles. The number of thioether (sulfide) groups is 1. The first-order chi connectivity index (χ1) is 13.3. The van der Waals surface area contributed by atoms with Gasteiger partial charge in [0.2, 0.25) is 6.54 Å². The molecule has 0 aliphatic rings. The summed E-state index contributed by atoms with van der Waals surface area (Å²) in [5.41, 5.74) is 0.884. The zero-order valence-electron chi connectivity index (χ0n) is 14.6. The van der Waals surface area contributed by atoms with Crippen molar-refractivity contribution < 1.29 is 14.2 Å². The van der Waals surface area contributed by atoms with Crippen LogP contribution >= 0.6 is 11.8 Å². The number of nitro groups is 2. The third-order valence-electron chi connectivity index (χ3n) is 3.90. The summed E-state index contributed by atoms with van der Waals surface area (Å²) in [5.74, 6) is 0.125. The van der Waals surface area contributed by atoms with Gasteiger partial charge in [-0.2, -0.15) is 0 Å². The van der Waals surface area contributed by atoms with E-state index in [1.807, 2.05) is 0 Å². The van der Waals surface area contributed by atoms with Gasteiger partial charge < -0.3 is 0 Å². The van der Waals surface area contributed by atoms with Gasteiger partial charge in [-0.05, 0) is 36.8 Å². The Kier molecular flexibility index (Phi) is 5.64. The van der Waals surface area contributed by atoms with E-state index < -0.39 is 27.5 Å². The predicted molar refractivity (Wildman–Crippen MR) is 99.6 cm³/mol. The molecule has 3 aromatic rings. The first-order valence-corrected chi connectivity index (χ1v) is 8.94. The maximum absolute atomic E-state index is 13.2. The quantitative estimate of drug-likeness (QED) is 0.335. The van der Waals surface area contributed by atoms with E-state index in [2.05, 4.69) is 10.2 Å². The van der Waals surface area contributed by atoms with Crippen LogP contribution in [-0.2, 0) is 0 Å². The molecule has 9 nitrogen and oxygen atoms in total. The molecule has 0 saturated carbocycles. The minimum absolute atomic E-state index is 0.150.